The molecule has 0 amide bonds. The lowest BCUT2D eigenvalue weighted by Crippen LogP contribution is -2.17. The fourth-order valence-corrected chi connectivity index (χ4v) is 1.53. The molecule has 1 saturated carbocycles. The van der Waals surface area contributed by atoms with Gasteiger partial charge in [0.1, 0.15) is 6.54 Å². The van der Waals surface area contributed by atoms with Gasteiger partial charge in [-0.05, 0) is 24.5 Å². The highest BCUT2D eigenvalue weighted by Gasteiger charge is 2.21. The normalized spacial score (nSPS) is 14.5. The first-order valence-electron chi connectivity index (χ1n) is 5.79. The molecule has 86 valence electrons. The molecule has 0 aromatic heterocycles. The Morgan fingerprint density at radius 3 is 2.75 bits per heavy atom. The standard InChI is InChI=1S/C13H17NO2/c15-13(16-9-8-11-6-7-11)10-14-12-4-2-1-3-5-12/h1-5,11,14H,6-10H2. The van der Waals surface area contributed by atoms with Crippen molar-refractivity contribution in [1.29, 1.82) is 0 Å². The number of ether oxygens (including phenoxy) is 1. The number of benzene rings is 1. The Kier molecular flexibility index (Phi) is 3.81. The van der Waals surface area contributed by atoms with Crippen LogP contribution in [0.1, 0.15) is 19.3 Å². The minimum absolute atomic E-state index is 0.176. The number of rotatable bonds is 6. The van der Waals surface area contributed by atoms with Gasteiger partial charge in [-0.2, -0.15) is 0 Å². The van der Waals surface area contributed by atoms with E-state index >= 15 is 0 Å². The summed E-state index contributed by atoms with van der Waals surface area (Å²) in [4.78, 5) is 11.3. The highest BCUT2D eigenvalue weighted by atomic mass is 16.5. The molecule has 16 heavy (non-hydrogen) atoms. The Bertz CT molecular complexity index is 333. The lowest BCUT2D eigenvalue weighted by atomic mass is 10.3. The molecular formula is C13H17NO2. The van der Waals surface area contributed by atoms with Gasteiger partial charge in [0.15, 0.2) is 0 Å². The first-order valence-corrected chi connectivity index (χ1v) is 5.79. The van der Waals surface area contributed by atoms with Gasteiger partial charge >= 0.3 is 5.97 Å². The summed E-state index contributed by atoms with van der Waals surface area (Å²) in [6.45, 7) is 0.814. The van der Waals surface area contributed by atoms with E-state index in [1.165, 1.54) is 12.8 Å². The lowest BCUT2D eigenvalue weighted by molar-refractivity contribution is -0.141. The molecule has 0 atom stereocenters. The Morgan fingerprint density at radius 2 is 2.06 bits per heavy atom. The van der Waals surface area contributed by atoms with E-state index in [-0.39, 0.29) is 12.5 Å². The second-order valence-electron chi connectivity index (χ2n) is 4.17. The van der Waals surface area contributed by atoms with Crippen LogP contribution in [0.4, 0.5) is 5.69 Å². The van der Waals surface area contributed by atoms with Gasteiger partial charge in [-0.1, -0.05) is 31.0 Å². The summed E-state index contributed by atoms with van der Waals surface area (Å²) in [6, 6.07) is 9.66. The van der Waals surface area contributed by atoms with Gasteiger partial charge in [0.25, 0.3) is 0 Å². The molecule has 1 aromatic rings. The first-order chi connectivity index (χ1) is 7.84. The molecule has 3 nitrogen and oxygen atoms in total. The Balaban J connectivity index is 1.59. The van der Waals surface area contributed by atoms with E-state index < -0.39 is 0 Å². The van der Waals surface area contributed by atoms with Crippen LogP contribution in [-0.2, 0) is 9.53 Å². The number of carbonyl (C=O) groups is 1. The van der Waals surface area contributed by atoms with Crippen LogP contribution in [0, 0.1) is 5.92 Å². The number of carbonyl (C=O) groups excluding carboxylic acids is 1. The van der Waals surface area contributed by atoms with E-state index in [1.54, 1.807) is 0 Å². The molecule has 2 rings (SSSR count). The van der Waals surface area contributed by atoms with Gasteiger partial charge in [-0.25, -0.2) is 0 Å². The summed E-state index contributed by atoms with van der Waals surface area (Å²) in [5.74, 6) is 0.638. The molecule has 0 aliphatic heterocycles. The minimum Gasteiger partial charge on any atom is -0.464 e. The molecule has 0 spiro atoms. The third kappa shape index (κ3) is 3.93. The van der Waals surface area contributed by atoms with Gasteiger partial charge in [0, 0.05) is 5.69 Å². The number of esters is 1. The maximum absolute atomic E-state index is 11.3. The molecule has 1 aliphatic carbocycles. The maximum Gasteiger partial charge on any atom is 0.325 e. The van der Waals surface area contributed by atoms with Gasteiger partial charge in [0.05, 0.1) is 6.61 Å². The predicted molar refractivity (Wildman–Crippen MR) is 63.2 cm³/mol. The molecule has 1 aliphatic rings. The quantitative estimate of drug-likeness (QED) is 0.747. The second kappa shape index (κ2) is 5.54. The molecule has 0 heterocycles. The third-order valence-electron chi connectivity index (χ3n) is 2.70. The van der Waals surface area contributed by atoms with Crippen molar-refractivity contribution in [3.05, 3.63) is 30.3 Å². The van der Waals surface area contributed by atoms with Crippen molar-refractivity contribution in [1.82, 2.24) is 0 Å². The Morgan fingerprint density at radius 1 is 1.31 bits per heavy atom. The summed E-state index contributed by atoms with van der Waals surface area (Å²) in [5.41, 5.74) is 0.946. The van der Waals surface area contributed by atoms with Crippen molar-refractivity contribution in [2.24, 2.45) is 5.92 Å². The fourth-order valence-electron chi connectivity index (χ4n) is 1.53. The van der Waals surface area contributed by atoms with E-state index in [9.17, 15) is 4.79 Å². The van der Waals surface area contributed by atoms with Crippen LogP contribution >= 0.6 is 0 Å². The third-order valence-corrected chi connectivity index (χ3v) is 2.70. The monoisotopic (exact) mass is 219 g/mol. The van der Waals surface area contributed by atoms with Crippen LogP contribution in [0.25, 0.3) is 0 Å². The van der Waals surface area contributed by atoms with Gasteiger partial charge in [-0.15, -0.1) is 0 Å². The van der Waals surface area contributed by atoms with Crippen LogP contribution < -0.4 is 5.32 Å². The summed E-state index contributed by atoms with van der Waals surface area (Å²) in [6.07, 6.45) is 3.64. The predicted octanol–water partition coefficient (Wildman–Crippen LogP) is 2.44. The van der Waals surface area contributed by atoms with Gasteiger partial charge in [-0.3, -0.25) is 4.79 Å². The topological polar surface area (TPSA) is 38.3 Å². The smallest absolute Gasteiger partial charge is 0.325 e. The Hall–Kier alpha value is -1.51. The number of anilines is 1. The van der Waals surface area contributed by atoms with Crippen LogP contribution in [0.5, 0.6) is 0 Å². The van der Waals surface area contributed by atoms with E-state index in [4.69, 9.17) is 4.74 Å². The van der Waals surface area contributed by atoms with Crippen molar-refractivity contribution in [3.63, 3.8) is 0 Å². The van der Waals surface area contributed by atoms with Crippen molar-refractivity contribution < 1.29 is 9.53 Å². The minimum atomic E-state index is -0.176. The van der Waals surface area contributed by atoms with Gasteiger partial charge < -0.3 is 10.1 Å². The van der Waals surface area contributed by atoms with Crippen molar-refractivity contribution >= 4 is 11.7 Å². The molecule has 1 N–H and O–H groups in total. The second-order valence-corrected chi connectivity index (χ2v) is 4.17. The average molecular weight is 219 g/mol. The highest BCUT2D eigenvalue weighted by Crippen LogP contribution is 2.32. The fraction of sp³-hybridized carbons (Fsp3) is 0.462. The van der Waals surface area contributed by atoms with E-state index in [2.05, 4.69) is 5.32 Å². The zero-order valence-corrected chi connectivity index (χ0v) is 9.32. The van der Waals surface area contributed by atoms with E-state index in [0.29, 0.717) is 6.61 Å². The van der Waals surface area contributed by atoms with Crippen LogP contribution in [-0.4, -0.2) is 19.1 Å². The van der Waals surface area contributed by atoms with Crippen LogP contribution in [0.3, 0.4) is 0 Å². The summed E-state index contributed by atoms with van der Waals surface area (Å²) in [5, 5.41) is 3.02. The van der Waals surface area contributed by atoms with Crippen molar-refractivity contribution in [3.8, 4) is 0 Å². The Labute approximate surface area is 95.8 Å². The number of nitrogens with one attached hydrogen (secondary N) is 1. The lowest BCUT2D eigenvalue weighted by Gasteiger charge is -2.06. The summed E-state index contributed by atoms with van der Waals surface area (Å²) < 4.78 is 5.11. The zero-order chi connectivity index (χ0) is 11.2. The molecule has 1 fully saturated rings. The van der Waals surface area contributed by atoms with Gasteiger partial charge in [0.2, 0.25) is 0 Å². The van der Waals surface area contributed by atoms with Crippen molar-refractivity contribution in [2.75, 3.05) is 18.5 Å². The molecule has 3 heteroatoms. The number of para-hydroxylation sites is 1. The first kappa shape index (κ1) is 11.0. The number of hydrogen-bond acceptors (Lipinski definition) is 3. The van der Waals surface area contributed by atoms with E-state index in [1.807, 2.05) is 30.3 Å². The maximum atomic E-state index is 11.3. The summed E-state index contributed by atoms with van der Waals surface area (Å²) in [7, 11) is 0. The SMILES string of the molecule is O=C(CNc1ccccc1)OCCC1CC1. The molecule has 0 unspecified atom stereocenters. The van der Waals surface area contributed by atoms with Crippen molar-refractivity contribution in [2.45, 2.75) is 19.3 Å². The largest absolute Gasteiger partial charge is 0.464 e. The average Bonchev–Trinajstić information content (AvgIpc) is 3.12. The zero-order valence-electron chi connectivity index (χ0n) is 9.32. The molecular weight excluding hydrogens is 202 g/mol. The molecule has 0 saturated heterocycles. The number of hydrogen-bond donors (Lipinski definition) is 1. The molecule has 0 radical (unpaired) electrons. The van der Waals surface area contributed by atoms with E-state index in [0.717, 1.165) is 18.0 Å². The molecule has 1 aromatic carbocycles. The molecule has 0 bridgehead atoms. The van der Waals surface area contributed by atoms with Crippen LogP contribution in [0.2, 0.25) is 0 Å². The summed E-state index contributed by atoms with van der Waals surface area (Å²) >= 11 is 0. The van der Waals surface area contributed by atoms with Crippen LogP contribution in [0.15, 0.2) is 30.3 Å². The highest BCUT2D eigenvalue weighted by molar-refractivity contribution is 5.74.